The van der Waals surface area contributed by atoms with Crippen LogP contribution >= 0.6 is 0 Å². The Balaban J connectivity index is 2.26. The third-order valence-corrected chi connectivity index (χ3v) is 4.20. The highest BCUT2D eigenvalue weighted by Gasteiger charge is 2.34. The van der Waals surface area contributed by atoms with Crippen LogP contribution < -0.4 is 15.8 Å². The number of ether oxygens (including phenoxy) is 1. The van der Waals surface area contributed by atoms with Crippen molar-refractivity contribution in [2.45, 2.75) is 45.1 Å². The maximum atomic E-state index is 13.8. The Labute approximate surface area is 125 Å². The summed E-state index contributed by atoms with van der Waals surface area (Å²) in [5.74, 6) is 0.271. The van der Waals surface area contributed by atoms with Gasteiger partial charge in [0.1, 0.15) is 0 Å². The molecule has 0 aliphatic heterocycles. The Morgan fingerprint density at radius 2 is 2.29 bits per heavy atom. The van der Waals surface area contributed by atoms with E-state index >= 15 is 0 Å². The van der Waals surface area contributed by atoms with Gasteiger partial charge >= 0.3 is 0 Å². The molecular formula is C16H25FN2O2. The molecule has 1 aliphatic rings. The average molecular weight is 296 g/mol. The second-order valence-electron chi connectivity index (χ2n) is 6.07. The molecule has 118 valence electrons. The number of aliphatic hydroxyl groups is 1. The molecule has 0 spiro atoms. The maximum Gasteiger partial charge on any atom is 0.167 e. The van der Waals surface area contributed by atoms with Crippen LogP contribution in [0.1, 0.15) is 39.5 Å². The second-order valence-corrected chi connectivity index (χ2v) is 6.07. The van der Waals surface area contributed by atoms with Gasteiger partial charge in [-0.15, -0.1) is 0 Å². The number of hydrogen-bond donors (Lipinski definition) is 3. The molecule has 1 fully saturated rings. The first-order chi connectivity index (χ1) is 9.99. The molecule has 0 amide bonds. The summed E-state index contributed by atoms with van der Waals surface area (Å²) in [6.45, 7) is 4.42. The smallest absolute Gasteiger partial charge is 0.167 e. The predicted octanol–water partition coefficient (Wildman–Crippen LogP) is 3.16. The van der Waals surface area contributed by atoms with Gasteiger partial charge in [0, 0.05) is 12.1 Å². The van der Waals surface area contributed by atoms with Crippen LogP contribution in [0.2, 0.25) is 0 Å². The number of rotatable bonds is 5. The maximum absolute atomic E-state index is 13.8. The van der Waals surface area contributed by atoms with E-state index in [1.165, 1.54) is 12.5 Å². The number of hydrogen-bond acceptors (Lipinski definition) is 4. The molecule has 2 atom stereocenters. The van der Waals surface area contributed by atoms with Crippen molar-refractivity contribution in [2.24, 2.45) is 5.92 Å². The van der Waals surface area contributed by atoms with Gasteiger partial charge in [0.15, 0.2) is 11.6 Å². The summed E-state index contributed by atoms with van der Waals surface area (Å²) in [6, 6.07) is 2.86. The zero-order valence-corrected chi connectivity index (χ0v) is 12.8. The summed E-state index contributed by atoms with van der Waals surface area (Å²) >= 11 is 0. The highest BCUT2D eigenvalue weighted by molar-refractivity contribution is 5.69. The molecule has 5 heteroatoms. The Kier molecular flexibility index (Phi) is 4.93. The van der Waals surface area contributed by atoms with Crippen LogP contribution in [0.5, 0.6) is 5.75 Å². The van der Waals surface area contributed by atoms with Crippen molar-refractivity contribution in [1.29, 1.82) is 0 Å². The summed E-state index contributed by atoms with van der Waals surface area (Å²) in [7, 11) is 0. The Morgan fingerprint density at radius 3 is 2.90 bits per heavy atom. The topological polar surface area (TPSA) is 67.5 Å². The minimum atomic E-state index is -0.463. The lowest BCUT2D eigenvalue weighted by atomic mass is 9.76. The van der Waals surface area contributed by atoms with Gasteiger partial charge in [-0.3, -0.25) is 0 Å². The van der Waals surface area contributed by atoms with Crippen LogP contribution in [0.3, 0.4) is 0 Å². The lowest BCUT2D eigenvalue weighted by molar-refractivity contribution is 0.149. The lowest BCUT2D eigenvalue weighted by Crippen LogP contribution is -2.46. The monoisotopic (exact) mass is 296 g/mol. The Bertz CT molecular complexity index is 495. The molecule has 1 saturated carbocycles. The SMILES string of the molecule is CCOc1cc(NC2(CO)CCCC(C)C2)c(N)cc1F. The number of benzene rings is 1. The van der Waals surface area contributed by atoms with Gasteiger partial charge in [-0.05, 0) is 25.7 Å². The minimum Gasteiger partial charge on any atom is -0.491 e. The Morgan fingerprint density at radius 1 is 1.52 bits per heavy atom. The first kappa shape index (κ1) is 15.9. The van der Waals surface area contributed by atoms with E-state index in [1.54, 1.807) is 13.0 Å². The van der Waals surface area contributed by atoms with Crippen LogP contribution in [0, 0.1) is 11.7 Å². The van der Waals surface area contributed by atoms with E-state index in [1.807, 2.05) is 0 Å². The van der Waals surface area contributed by atoms with E-state index in [4.69, 9.17) is 10.5 Å². The molecule has 2 unspecified atom stereocenters. The van der Waals surface area contributed by atoms with E-state index in [9.17, 15) is 9.50 Å². The van der Waals surface area contributed by atoms with Crippen molar-refractivity contribution >= 4 is 11.4 Å². The Hall–Kier alpha value is -1.49. The average Bonchev–Trinajstić information content (AvgIpc) is 2.44. The summed E-state index contributed by atoms with van der Waals surface area (Å²) in [5, 5.41) is 13.2. The van der Waals surface area contributed by atoms with Gasteiger partial charge in [0.25, 0.3) is 0 Å². The van der Waals surface area contributed by atoms with Crippen LogP contribution in [-0.4, -0.2) is 23.9 Å². The molecule has 21 heavy (non-hydrogen) atoms. The van der Waals surface area contributed by atoms with Crippen molar-refractivity contribution in [3.63, 3.8) is 0 Å². The quantitative estimate of drug-likeness (QED) is 0.730. The van der Waals surface area contributed by atoms with Crippen molar-refractivity contribution in [1.82, 2.24) is 0 Å². The van der Waals surface area contributed by atoms with E-state index in [2.05, 4.69) is 12.2 Å². The van der Waals surface area contributed by atoms with Gasteiger partial charge in [-0.2, -0.15) is 0 Å². The summed E-state index contributed by atoms with van der Waals surface area (Å²) < 4.78 is 19.0. The summed E-state index contributed by atoms with van der Waals surface area (Å²) in [4.78, 5) is 0. The number of halogens is 1. The van der Waals surface area contributed by atoms with Crippen molar-refractivity contribution in [3.8, 4) is 5.75 Å². The fraction of sp³-hybridized carbons (Fsp3) is 0.625. The molecule has 0 radical (unpaired) electrons. The second kappa shape index (κ2) is 6.52. The third-order valence-electron chi connectivity index (χ3n) is 4.20. The molecule has 0 bridgehead atoms. The summed E-state index contributed by atoms with van der Waals surface area (Å²) in [5.41, 5.74) is 6.49. The van der Waals surface area contributed by atoms with E-state index in [-0.39, 0.29) is 17.9 Å². The molecule has 4 N–H and O–H groups in total. The first-order valence-electron chi connectivity index (χ1n) is 7.60. The van der Waals surface area contributed by atoms with Gasteiger partial charge in [0.05, 0.1) is 30.1 Å². The molecule has 0 heterocycles. The molecule has 1 aliphatic carbocycles. The van der Waals surface area contributed by atoms with E-state index < -0.39 is 5.82 Å². The van der Waals surface area contributed by atoms with Crippen LogP contribution in [0.25, 0.3) is 0 Å². The van der Waals surface area contributed by atoms with Gasteiger partial charge in [0.2, 0.25) is 0 Å². The van der Waals surface area contributed by atoms with Gasteiger partial charge < -0.3 is 20.9 Å². The number of nitrogens with one attached hydrogen (secondary N) is 1. The molecular weight excluding hydrogens is 271 g/mol. The number of anilines is 2. The summed E-state index contributed by atoms with van der Waals surface area (Å²) in [6.07, 6.45) is 4.00. The third kappa shape index (κ3) is 3.59. The highest BCUT2D eigenvalue weighted by atomic mass is 19.1. The number of aliphatic hydroxyl groups excluding tert-OH is 1. The molecule has 1 aromatic rings. The molecule has 0 aromatic heterocycles. The molecule has 2 rings (SSSR count). The largest absolute Gasteiger partial charge is 0.491 e. The van der Waals surface area contributed by atoms with Crippen LogP contribution in [0.4, 0.5) is 15.8 Å². The molecule has 4 nitrogen and oxygen atoms in total. The predicted molar refractivity (Wildman–Crippen MR) is 83.1 cm³/mol. The zero-order valence-electron chi connectivity index (χ0n) is 12.8. The number of nitrogen functional groups attached to an aromatic ring is 1. The fourth-order valence-corrected chi connectivity index (χ4v) is 3.19. The van der Waals surface area contributed by atoms with Crippen LogP contribution in [-0.2, 0) is 0 Å². The van der Waals surface area contributed by atoms with Crippen molar-refractivity contribution in [2.75, 3.05) is 24.3 Å². The van der Waals surface area contributed by atoms with Crippen molar-refractivity contribution < 1.29 is 14.2 Å². The minimum absolute atomic E-state index is 0.0398. The standard InChI is InChI=1S/C16H25FN2O2/c1-3-21-15-8-14(13(18)7-12(15)17)19-16(10-20)6-4-5-11(2)9-16/h7-8,11,19-20H,3-6,9-10,18H2,1-2H3. The number of nitrogens with two attached hydrogens (primary N) is 1. The normalized spacial score (nSPS) is 25.6. The van der Waals surface area contributed by atoms with E-state index in [0.717, 1.165) is 19.3 Å². The van der Waals surface area contributed by atoms with E-state index in [0.29, 0.717) is 23.9 Å². The van der Waals surface area contributed by atoms with Crippen molar-refractivity contribution in [3.05, 3.63) is 17.9 Å². The van der Waals surface area contributed by atoms with Gasteiger partial charge in [-0.1, -0.05) is 19.8 Å². The lowest BCUT2D eigenvalue weighted by Gasteiger charge is -2.40. The van der Waals surface area contributed by atoms with Crippen LogP contribution in [0.15, 0.2) is 12.1 Å². The van der Waals surface area contributed by atoms with Gasteiger partial charge in [-0.25, -0.2) is 4.39 Å². The molecule has 1 aromatic carbocycles. The first-order valence-corrected chi connectivity index (χ1v) is 7.60. The molecule has 0 saturated heterocycles. The fourth-order valence-electron chi connectivity index (χ4n) is 3.19. The highest BCUT2D eigenvalue weighted by Crippen LogP contribution is 2.37. The zero-order chi connectivity index (χ0) is 15.5.